The van der Waals surface area contributed by atoms with Gasteiger partial charge in [-0.1, -0.05) is 18.0 Å². The van der Waals surface area contributed by atoms with Crippen molar-refractivity contribution >= 4 is 46.4 Å². The van der Waals surface area contributed by atoms with Gasteiger partial charge in [-0.2, -0.15) is 0 Å². The number of hydrogen-bond donors (Lipinski definition) is 2. The molecule has 0 spiro atoms. The van der Waals surface area contributed by atoms with E-state index in [1.54, 1.807) is 17.8 Å². The Morgan fingerprint density at radius 1 is 1.52 bits per heavy atom. The van der Waals surface area contributed by atoms with E-state index in [1.165, 1.54) is 30.6 Å². The Balaban J connectivity index is 1.70. The molecule has 126 valence electrons. The molecule has 1 fully saturated rings. The van der Waals surface area contributed by atoms with Crippen molar-refractivity contribution < 1.29 is 4.79 Å². The molecular weight excluding hydrogens is 350 g/mol. The number of thiophene rings is 1. The second-order valence-electron chi connectivity index (χ2n) is 6.68. The number of carbonyl (C=O) groups excluding carboxylic acids is 1. The number of rotatable bonds is 4. The van der Waals surface area contributed by atoms with Crippen LogP contribution in [0.2, 0.25) is 5.02 Å². The number of carbonyl (C=O) groups is 1. The fraction of sp³-hybridized carbons (Fsp3) is 0.625. The Bertz CT molecular complexity index is 637. The number of thioether (sulfide) groups is 1. The van der Waals surface area contributed by atoms with Gasteiger partial charge in [0.2, 0.25) is 0 Å². The fourth-order valence-corrected chi connectivity index (χ4v) is 5.14. The van der Waals surface area contributed by atoms with Crippen molar-refractivity contribution in [2.24, 2.45) is 16.6 Å². The minimum atomic E-state index is -0.136. The van der Waals surface area contributed by atoms with E-state index in [4.69, 9.17) is 17.3 Å². The van der Waals surface area contributed by atoms with Gasteiger partial charge in [0.15, 0.2) is 0 Å². The van der Waals surface area contributed by atoms with Crippen molar-refractivity contribution in [3.8, 4) is 0 Å². The molecule has 0 saturated heterocycles. The highest BCUT2D eigenvalue weighted by Gasteiger charge is 2.32. The van der Waals surface area contributed by atoms with Crippen LogP contribution in [-0.2, 0) is 0 Å². The summed E-state index contributed by atoms with van der Waals surface area (Å²) in [6.07, 6.45) is 3.73. The van der Waals surface area contributed by atoms with Crippen LogP contribution in [-0.4, -0.2) is 28.8 Å². The lowest BCUT2D eigenvalue weighted by atomic mass is 9.85. The first kappa shape index (κ1) is 17.1. The molecular formula is C16H22ClN3OS2. The van der Waals surface area contributed by atoms with E-state index in [9.17, 15) is 4.79 Å². The van der Waals surface area contributed by atoms with Crippen LogP contribution >= 0.6 is 34.7 Å². The number of amides is 1. The van der Waals surface area contributed by atoms with Gasteiger partial charge >= 0.3 is 0 Å². The molecule has 0 radical (unpaired) electrons. The number of amidine groups is 1. The lowest BCUT2D eigenvalue weighted by Crippen LogP contribution is -2.39. The van der Waals surface area contributed by atoms with Crippen LogP contribution in [0.5, 0.6) is 0 Å². The maximum atomic E-state index is 12.3. The van der Waals surface area contributed by atoms with Gasteiger partial charge in [0.05, 0.1) is 20.7 Å². The molecule has 1 aromatic heterocycles. The largest absolute Gasteiger partial charge is 0.386 e. The van der Waals surface area contributed by atoms with Crippen molar-refractivity contribution in [2.45, 2.75) is 43.9 Å². The Morgan fingerprint density at radius 3 is 2.87 bits per heavy atom. The molecule has 1 amide bonds. The van der Waals surface area contributed by atoms with Gasteiger partial charge in [-0.3, -0.25) is 9.79 Å². The molecule has 4 nitrogen and oxygen atoms in total. The van der Waals surface area contributed by atoms with Crippen LogP contribution < -0.4 is 11.1 Å². The smallest absolute Gasteiger partial charge is 0.261 e. The third-order valence-electron chi connectivity index (χ3n) is 4.53. The standard InChI is InChI=1S/C16H22ClN3OS2/c1-16(2)15(18)20-11(8-22-16)13-10(17)6-12(23-13)14(21)19-7-9-4-3-5-9/h6,9,11H,3-5,7-8H2,1-2H3,(H2,18,20)(H,19,21). The summed E-state index contributed by atoms with van der Waals surface area (Å²) in [5, 5.41) is 3.63. The Morgan fingerprint density at radius 2 is 2.26 bits per heavy atom. The molecule has 3 N–H and O–H groups in total. The zero-order valence-corrected chi connectivity index (χ0v) is 15.8. The van der Waals surface area contributed by atoms with Crippen molar-refractivity contribution in [1.82, 2.24) is 5.32 Å². The summed E-state index contributed by atoms with van der Waals surface area (Å²) in [4.78, 5) is 18.5. The average Bonchev–Trinajstić information content (AvgIpc) is 2.82. The van der Waals surface area contributed by atoms with Crippen LogP contribution in [0.3, 0.4) is 0 Å². The molecule has 2 aliphatic rings. The number of nitrogens with zero attached hydrogens (tertiary/aromatic N) is 1. The van der Waals surface area contributed by atoms with E-state index in [2.05, 4.69) is 24.2 Å². The summed E-state index contributed by atoms with van der Waals surface area (Å²) in [6, 6.07) is 1.70. The van der Waals surface area contributed by atoms with E-state index >= 15 is 0 Å². The molecule has 3 rings (SSSR count). The van der Waals surface area contributed by atoms with E-state index in [-0.39, 0.29) is 16.7 Å². The highest BCUT2D eigenvalue weighted by molar-refractivity contribution is 8.01. The number of nitrogens with two attached hydrogens (primary N) is 1. The molecule has 1 aliphatic carbocycles. The van der Waals surface area contributed by atoms with Crippen molar-refractivity contribution in [3.63, 3.8) is 0 Å². The Labute approximate surface area is 150 Å². The summed E-state index contributed by atoms with van der Waals surface area (Å²) < 4.78 is -0.136. The van der Waals surface area contributed by atoms with E-state index < -0.39 is 0 Å². The van der Waals surface area contributed by atoms with Crippen molar-refractivity contribution in [2.75, 3.05) is 12.3 Å². The summed E-state index contributed by atoms with van der Waals surface area (Å²) in [5.74, 6) is 2.09. The first-order valence-corrected chi connectivity index (χ1v) is 10.1. The van der Waals surface area contributed by atoms with E-state index in [0.29, 0.717) is 21.7 Å². The molecule has 0 bridgehead atoms. The summed E-state index contributed by atoms with van der Waals surface area (Å²) >= 11 is 9.56. The first-order chi connectivity index (χ1) is 10.9. The molecule has 0 aromatic carbocycles. The third kappa shape index (κ3) is 3.69. The van der Waals surface area contributed by atoms with Gasteiger partial charge in [-0.15, -0.1) is 23.1 Å². The van der Waals surface area contributed by atoms with Crippen molar-refractivity contribution in [3.05, 3.63) is 20.8 Å². The highest BCUT2D eigenvalue weighted by Crippen LogP contribution is 2.41. The summed E-state index contributed by atoms with van der Waals surface area (Å²) in [5.41, 5.74) is 6.07. The topological polar surface area (TPSA) is 67.5 Å². The lowest BCUT2D eigenvalue weighted by Gasteiger charge is -2.30. The number of hydrogen-bond acceptors (Lipinski definition) is 5. The molecule has 7 heteroatoms. The first-order valence-electron chi connectivity index (χ1n) is 7.92. The summed E-state index contributed by atoms with van der Waals surface area (Å²) in [7, 11) is 0. The van der Waals surface area contributed by atoms with Gasteiger partial charge < -0.3 is 11.1 Å². The Kier molecular flexibility index (Phi) is 4.95. The molecule has 1 saturated carbocycles. The second-order valence-corrected chi connectivity index (χ2v) is 9.81. The minimum Gasteiger partial charge on any atom is -0.386 e. The number of halogens is 1. The predicted molar refractivity (Wildman–Crippen MR) is 99.9 cm³/mol. The molecule has 1 unspecified atom stereocenters. The maximum Gasteiger partial charge on any atom is 0.261 e. The molecule has 23 heavy (non-hydrogen) atoms. The average molecular weight is 372 g/mol. The van der Waals surface area contributed by atoms with E-state index in [1.807, 2.05) is 0 Å². The van der Waals surface area contributed by atoms with Crippen LogP contribution in [0.4, 0.5) is 0 Å². The van der Waals surface area contributed by atoms with Crippen LogP contribution in [0.1, 0.15) is 53.7 Å². The van der Waals surface area contributed by atoms with Crippen LogP contribution in [0.15, 0.2) is 11.1 Å². The maximum absolute atomic E-state index is 12.3. The zero-order valence-electron chi connectivity index (χ0n) is 13.4. The molecule has 1 aromatic rings. The van der Waals surface area contributed by atoms with Crippen LogP contribution in [0, 0.1) is 5.92 Å². The zero-order chi connectivity index (χ0) is 16.6. The lowest BCUT2D eigenvalue weighted by molar-refractivity contribution is 0.0943. The predicted octanol–water partition coefficient (Wildman–Crippen LogP) is 3.86. The quantitative estimate of drug-likeness (QED) is 0.844. The SMILES string of the molecule is CC1(C)SCC(c2sc(C(=O)NCC3CCC3)cc2Cl)N=C1N. The Hall–Kier alpha value is -0.720. The van der Waals surface area contributed by atoms with Gasteiger partial charge in [0, 0.05) is 17.2 Å². The third-order valence-corrected chi connectivity index (χ3v) is 7.60. The second kappa shape index (κ2) is 6.65. The highest BCUT2D eigenvalue weighted by atomic mass is 35.5. The minimum absolute atomic E-state index is 0.0317. The monoisotopic (exact) mass is 371 g/mol. The molecule has 1 atom stereocenters. The molecule has 2 heterocycles. The number of aliphatic imine (C=N–C) groups is 1. The van der Waals surface area contributed by atoms with Crippen molar-refractivity contribution in [1.29, 1.82) is 0 Å². The van der Waals surface area contributed by atoms with Crippen LogP contribution in [0.25, 0.3) is 0 Å². The van der Waals surface area contributed by atoms with E-state index in [0.717, 1.165) is 17.2 Å². The fourth-order valence-electron chi connectivity index (χ4n) is 2.60. The van der Waals surface area contributed by atoms with Gasteiger partial charge in [-0.05, 0) is 38.7 Å². The normalized spacial score (nSPS) is 24.0. The van der Waals surface area contributed by atoms with Gasteiger partial charge in [0.25, 0.3) is 5.91 Å². The van der Waals surface area contributed by atoms with Gasteiger partial charge in [-0.25, -0.2) is 0 Å². The summed E-state index contributed by atoms with van der Waals surface area (Å²) in [6.45, 7) is 4.91. The molecule has 1 aliphatic heterocycles. The van der Waals surface area contributed by atoms with Gasteiger partial charge in [0.1, 0.15) is 5.84 Å². The number of nitrogens with one attached hydrogen (secondary N) is 1.